The summed E-state index contributed by atoms with van der Waals surface area (Å²) in [6.45, 7) is 1.85. The summed E-state index contributed by atoms with van der Waals surface area (Å²) in [5.41, 5.74) is 2.98. The Morgan fingerprint density at radius 1 is 1.10 bits per heavy atom. The minimum absolute atomic E-state index is 0.0187. The highest BCUT2D eigenvalue weighted by molar-refractivity contribution is 8.01. The molecule has 2 aliphatic rings. The van der Waals surface area contributed by atoms with Gasteiger partial charge in [-0.25, -0.2) is 9.48 Å². The summed E-state index contributed by atoms with van der Waals surface area (Å²) in [6.07, 6.45) is 1.65. The molecule has 1 fully saturated rings. The van der Waals surface area contributed by atoms with Gasteiger partial charge in [0.2, 0.25) is 0 Å². The SMILES string of the molecule is Cc1nnc(SCC2=C(C(=O)O)N3C(=O)[C@H](NC(=O)c4cn(-c5ccccc5)nc4-c4ccccc4)[C@@H]3SC2)s1. The first kappa shape index (κ1) is 26.3. The second-order valence-electron chi connectivity index (χ2n) is 9.03. The highest BCUT2D eigenvalue weighted by atomic mass is 32.2. The third kappa shape index (κ3) is 4.91. The monoisotopic (exact) mass is 590 g/mol. The minimum Gasteiger partial charge on any atom is -0.477 e. The van der Waals surface area contributed by atoms with Crippen molar-refractivity contribution in [2.75, 3.05) is 11.5 Å². The second-order valence-corrected chi connectivity index (χ2v) is 12.5. The lowest BCUT2D eigenvalue weighted by molar-refractivity contribution is -0.148. The van der Waals surface area contributed by atoms with E-state index < -0.39 is 29.2 Å². The van der Waals surface area contributed by atoms with Gasteiger partial charge in [-0.15, -0.1) is 22.0 Å². The predicted octanol–water partition coefficient (Wildman–Crippen LogP) is 3.84. The number of aliphatic carboxylic acids is 1. The molecule has 0 saturated carbocycles. The predicted molar refractivity (Wildman–Crippen MR) is 153 cm³/mol. The molecule has 2 aliphatic heterocycles. The third-order valence-electron chi connectivity index (χ3n) is 6.44. The quantitative estimate of drug-likeness (QED) is 0.232. The molecular weight excluding hydrogens is 569 g/mol. The number of hydrogen-bond acceptors (Lipinski definition) is 9. The molecule has 2 amide bonds. The van der Waals surface area contributed by atoms with Gasteiger partial charge in [-0.2, -0.15) is 5.10 Å². The molecule has 2 aromatic carbocycles. The molecular formula is C27H22N6O4S3. The van der Waals surface area contributed by atoms with Crippen LogP contribution in [0.2, 0.25) is 0 Å². The van der Waals surface area contributed by atoms with Crippen LogP contribution < -0.4 is 5.32 Å². The van der Waals surface area contributed by atoms with Gasteiger partial charge in [0.05, 0.1) is 11.3 Å². The lowest BCUT2D eigenvalue weighted by atomic mass is 10.0. The van der Waals surface area contributed by atoms with Crippen LogP contribution in [0.3, 0.4) is 0 Å². The van der Waals surface area contributed by atoms with Crippen molar-refractivity contribution in [3.63, 3.8) is 0 Å². The van der Waals surface area contributed by atoms with Crippen LogP contribution in [0.1, 0.15) is 15.4 Å². The number of carbonyl (C=O) groups is 3. The Balaban J connectivity index is 1.23. The van der Waals surface area contributed by atoms with Crippen LogP contribution in [0.15, 0.2) is 82.5 Å². The molecule has 0 radical (unpaired) electrons. The van der Waals surface area contributed by atoms with E-state index in [1.165, 1.54) is 39.8 Å². The molecule has 40 heavy (non-hydrogen) atoms. The minimum atomic E-state index is -1.16. The third-order valence-corrected chi connectivity index (χ3v) is 9.84. The summed E-state index contributed by atoms with van der Waals surface area (Å²) >= 11 is 4.27. The Kier molecular flexibility index (Phi) is 7.17. The molecule has 0 unspecified atom stereocenters. The number of amides is 2. The van der Waals surface area contributed by atoms with Crippen molar-refractivity contribution in [1.82, 2.24) is 30.2 Å². The van der Waals surface area contributed by atoms with E-state index in [4.69, 9.17) is 0 Å². The number of nitrogens with one attached hydrogen (secondary N) is 1. The lowest BCUT2D eigenvalue weighted by Gasteiger charge is -2.49. The molecule has 13 heteroatoms. The van der Waals surface area contributed by atoms with Crippen LogP contribution in [-0.2, 0) is 9.59 Å². The number of thioether (sulfide) groups is 2. The Morgan fingerprint density at radius 3 is 2.50 bits per heavy atom. The van der Waals surface area contributed by atoms with Gasteiger partial charge in [0, 0.05) is 23.3 Å². The maximum absolute atomic E-state index is 13.6. The first-order valence-corrected chi connectivity index (χ1v) is 15.1. The van der Waals surface area contributed by atoms with Gasteiger partial charge >= 0.3 is 5.97 Å². The molecule has 0 bridgehead atoms. The van der Waals surface area contributed by atoms with Crippen molar-refractivity contribution in [3.8, 4) is 16.9 Å². The van der Waals surface area contributed by atoms with E-state index in [0.29, 0.717) is 28.3 Å². The molecule has 2 aromatic heterocycles. The zero-order chi connectivity index (χ0) is 27.8. The number of carboxylic acids is 1. The maximum Gasteiger partial charge on any atom is 0.352 e. The number of rotatable bonds is 8. The number of para-hydroxylation sites is 1. The lowest BCUT2D eigenvalue weighted by Crippen LogP contribution is -2.70. The summed E-state index contributed by atoms with van der Waals surface area (Å²) in [5.74, 6) is -1.25. The molecule has 4 aromatic rings. The summed E-state index contributed by atoms with van der Waals surface area (Å²) < 4.78 is 2.38. The standard InChI is InChI=1S/C27H22N6O4S3/c1-15-29-30-27(40-15)39-14-17-13-38-25-21(24(35)33(25)22(17)26(36)37)28-23(34)19-12-32(18-10-6-3-7-11-18)31-20(19)16-8-4-2-5-9-16/h2-12,21,25H,13-14H2,1H3,(H,28,34)(H,36,37)/t21-,25-/m0/s1. The summed E-state index contributed by atoms with van der Waals surface area (Å²) in [4.78, 5) is 40.3. The summed E-state index contributed by atoms with van der Waals surface area (Å²) in [6, 6.07) is 17.9. The van der Waals surface area contributed by atoms with Crippen molar-refractivity contribution < 1.29 is 19.5 Å². The number of nitrogens with zero attached hydrogens (tertiary/aromatic N) is 5. The smallest absolute Gasteiger partial charge is 0.352 e. The fraction of sp³-hybridized carbons (Fsp3) is 0.185. The van der Waals surface area contributed by atoms with Gasteiger partial charge < -0.3 is 10.4 Å². The average molecular weight is 591 g/mol. The maximum atomic E-state index is 13.6. The van der Waals surface area contributed by atoms with Crippen molar-refractivity contribution in [1.29, 1.82) is 0 Å². The number of carbonyl (C=O) groups excluding carboxylic acids is 2. The Bertz CT molecular complexity index is 1640. The van der Waals surface area contributed by atoms with Crippen molar-refractivity contribution >= 4 is 52.6 Å². The molecule has 0 aliphatic carbocycles. The molecule has 202 valence electrons. The van der Waals surface area contributed by atoms with Crippen LogP contribution in [0.25, 0.3) is 16.9 Å². The Morgan fingerprint density at radius 2 is 1.82 bits per heavy atom. The van der Waals surface area contributed by atoms with Gasteiger partial charge in [-0.3, -0.25) is 14.5 Å². The zero-order valence-corrected chi connectivity index (χ0v) is 23.5. The van der Waals surface area contributed by atoms with Crippen LogP contribution in [-0.4, -0.2) is 70.7 Å². The molecule has 2 atom stereocenters. The van der Waals surface area contributed by atoms with Crippen molar-refractivity contribution in [3.05, 3.63) is 88.7 Å². The van der Waals surface area contributed by atoms with E-state index >= 15 is 0 Å². The number of aryl methyl sites for hydroxylation is 1. The Labute approximate surface area is 241 Å². The van der Waals surface area contributed by atoms with Crippen LogP contribution in [0.5, 0.6) is 0 Å². The summed E-state index contributed by atoms with van der Waals surface area (Å²) in [7, 11) is 0. The number of fused-ring (bicyclic) bond motifs is 1. The van der Waals surface area contributed by atoms with Crippen LogP contribution >= 0.6 is 34.9 Å². The van der Waals surface area contributed by atoms with Crippen LogP contribution in [0, 0.1) is 6.92 Å². The molecule has 6 rings (SSSR count). The van der Waals surface area contributed by atoms with E-state index in [0.717, 1.165) is 20.6 Å². The topological polar surface area (TPSA) is 130 Å². The number of hydrogen-bond donors (Lipinski definition) is 2. The number of benzene rings is 2. The van der Waals surface area contributed by atoms with Gasteiger partial charge in [-0.05, 0) is 24.6 Å². The first-order valence-electron chi connectivity index (χ1n) is 12.2. The zero-order valence-electron chi connectivity index (χ0n) is 21.1. The largest absolute Gasteiger partial charge is 0.477 e. The molecule has 0 spiro atoms. The van der Waals surface area contributed by atoms with E-state index in [9.17, 15) is 19.5 Å². The summed E-state index contributed by atoms with van der Waals surface area (Å²) in [5, 5.41) is 25.9. The van der Waals surface area contributed by atoms with Gasteiger partial charge in [0.25, 0.3) is 11.8 Å². The number of aromatic nitrogens is 4. The van der Waals surface area contributed by atoms with E-state index in [1.54, 1.807) is 10.9 Å². The number of carboxylic acid groups (broad SMARTS) is 1. The first-order chi connectivity index (χ1) is 19.4. The fourth-order valence-corrected chi connectivity index (χ4v) is 7.86. The molecule has 1 saturated heterocycles. The van der Waals surface area contributed by atoms with E-state index in [1.807, 2.05) is 67.6 Å². The Hall–Kier alpha value is -3.94. The fourth-order valence-electron chi connectivity index (χ4n) is 4.56. The van der Waals surface area contributed by atoms with Gasteiger partial charge in [0.15, 0.2) is 4.34 Å². The van der Waals surface area contributed by atoms with Crippen LogP contribution in [0.4, 0.5) is 0 Å². The molecule has 4 heterocycles. The number of β-lactam (4-membered cyclic amide) rings is 1. The normalized spacial score (nSPS) is 18.3. The van der Waals surface area contributed by atoms with Gasteiger partial charge in [0.1, 0.15) is 27.8 Å². The van der Waals surface area contributed by atoms with E-state index in [2.05, 4.69) is 20.6 Å². The average Bonchev–Trinajstić information content (AvgIpc) is 3.61. The van der Waals surface area contributed by atoms with Crippen molar-refractivity contribution in [2.45, 2.75) is 22.7 Å². The van der Waals surface area contributed by atoms with Crippen molar-refractivity contribution in [2.24, 2.45) is 0 Å². The van der Waals surface area contributed by atoms with Gasteiger partial charge in [-0.1, -0.05) is 71.6 Å². The van der Waals surface area contributed by atoms with E-state index in [-0.39, 0.29) is 5.70 Å². The molecule has 10 nitrogen and oxygen atoms in total. The molecule has 2 N–H and O–H groups in total. The highest BCUT2D eigenvalue weighted by Gasteiger charge is 2.54. The second kappa shape index (κ2) is 10.9. The highest BCUT2D eigenvalue weighted by Crippen LogP contribution is 2.42.